The van der Waals surface area contributed by atoms with E-state index < -0.39 is 0 Å². The van der Waals surface area contributed by atoms with Gasteiger partial charge in [0, 0.05) is 56.9 Å². The lowest BCUT2D eigenvalue weighted by atomic mass is 9.88. The molecule has 0 spiro atoms. The molecule has 0 unspecified atom stereocenters. The molecular formula is C24H33N3O3. The number of aliphatic hydroxyl groups excluding tert-OH is 1. The number of allylic oxidation sites excluding steroid dienone is 2. The monoisotopic (exact) mass is 411 g/mol. The normalized spacial score (nSPS) is 30.7. The van der Waals surface area contributed by atoms with Crippen molar-refractivity contribution in [1.29, 1.82) is 0 Å². The highest BCUT2D eigenvalue weighted by Gasteiger charge is 2.56. The van der Waals surface area contributed by atoms with Crippen molar-refractivity contribution in [3.8, 4) is 0 Å². The van der Waals surface area contributed by atoms with Crippen molar-refractivity contribution in [3.05, 3.63) is 39.8 Å². The van der Waals surface area contributed by atoms with Gasteiger partial charge in [-0.25, -0.2) is 0 Å². The minimum atomic E-state index is -0.301. The van der Waals surface area contributed by atoms with Crippen LogP contribution in [0.3, 0.4) is 0 Å². The van der Waals surface area contributed by atoms with Gasteiger partial charge in [0.1, 0.15) is 0 Å². The van der Waals surface area contributed by atoms with Crippen molar-refractivity contribution in [2.75, 3.05) is 27.2 Å². The molecule has 1 saturated heterocycles. The van der Waals surface area contributed by atoms with Crippen molar-refractivity contribution < 1.29 is 9.90 Å². The van der Waals surface area contributed by atoms with E-state index in [-0.39, 0.29) is 42.0 Å². The summed E-state index contributed by atoms with van der Waals surface area (Å²) < 4.78 is 1.94. The van der Waals surface area contributed by atoms with Gasteiger partial charge in [-0.1, -0.05) is 6.08 Å². The van der Waals surface area contributed by atoms with Crippen LogP contribution in [0.15, 0.2) is 23.0 Å². The number of amides is 1. The number of carbonyl (C=O) groups is 1. The molecule has 4 aliphatic rings. The lowest BCUT2D eigenvalue weighted by molar-refractivity contribution is -0.135. The Morgan fingerprint density at radius 1 is 1.23 bits per heavy atom. The summed E-state index contributed by atoms with van der Waals surface area (Å²) in [4.78, 5) is 30.5. The Balaban J connectivity index is 1.55. The molecule has 6 nitrogen and oxygen atoms in total. The number of rotatable bonds is 5. The van der Waals surface area contributed by atoms with Gasteiger partial charge in [-0.3, -0.25) is 14.5 Å². The quantitative estimate of drug-likeness (QED) is 0.807. The number of aliphatic hydroxyl groups is 1. The molecule has 1 amide bonds. The Bertz CT molecular complexity index is 930. The number of hydrogen-bond acceptors (Lipinski definition) is 4. The molecule has 2 aliphatic carbocycles. The maximum Gasteiger partial charge on any atom is 0.258 e. The molecule has 1 N–H and O–H groups in total. The summed E-state index contributed by atoms with van der Waals surface area (Å²) >= 11 is 0. The minimum Gasteiger partial charge on any atom is -0.396 e. The van der Waals surface area contributed by atoms with Crippen LogP contribution in [0.25, 0.3) is 5.57 Å². The summed E-state index contributed by atoms with van der Waals surface area (Å²) in [5.41, 5.74) is 3.16. The van der Waals surface area contributed by atoms with E-state index in [2.05, 4.69) is 17.0 Å². The van der Waals surface area contributed by atoms with Crippen molar-refractivity contribution >= 4 is 11.5 Å². The first kappa shape index (κ1) is 20.0. The van der Waals surface area contributed by atoms with Gasteiger partial charge in [-0.2, -0.15) is 0 Å². The molecule has 6 heteroatoms. The third-order valence-electron chi connectivity index (χ3n) is 7.69. The molecule has 3 heterocycles. The van der Waals surface area contributed by atoms with Crippen LogP contribution >= 0.6 is 0 Å². The van der Waals surface area contributed by atoms with Crippen LogP contribution in [0.5, 0.6) is 0 Å². The fraction of sp³-hybridized carbons (Fsp3) is 0.667. The molecule has 1 aromatic rings. The van der Waals surface area contributed by atoms with Crippen molar-refractivity contribution in [2.24, 2.45) is 17.8 Å². The highest BCUT2D eigenvalue weighted by Crippen LogP contribution is 2.51. The predicted molar refractivity (Wildman–Crippen MR) is 116 cm³/mol. The third kappa shape index (κ3) is 3.16. The first-order chi connectivity index (χ1) is 14.5. The van der Waals surface area contributed by atoms with Crippen LogP contribution in [0, 0.1) is 17.8 Å². The van der Waals surface area contributed by atoms with E-state index in [4.69, 9.17) is 0 Å². The van der Waals surface area contributed by atoms with Gasteiger partial charge in [-0.15, -0.1) is 0 Å². The highest BCUT2D eigenvalue weighted by molar-refractivity contribution is 5.82. The molecular weight excluding hydrogens is 378 g/mol. The van der Waals surface area contributed by atoms with Gasteiger partial charge in [0.15, 0.2) is 0 Å². The molecule has 5 rings (SSSR count). The van der Waals surface area contributed by atoms with E-state index in [0.717, 1.165) is 37.1 Å². The van der Waals surface area contributed by atoms with Crippen LogP contribution in [-0.2, 0) is 11.3 Å². The summed E-state index contributed by atoms with van der Waals surface area (Å²) in [7, 11) is 3.59. The van der Waals surface area contributed by atoms with Gasteiger partial charge in [0.25, 0.3) is 5.56 Å². The number of likely N-dealkylation sites (N-methyl/N-ethyl adjacent to an activating group) is 1. The van der Waals surface area contributed by atoms with E-state index in [1.54, 1.807) is 19.0 Å². The Morgan fingerprint density at radius 2 is 2.03 bits per heavy atom. The first-order valence-corrected chi connectivity index (χ1v) is 11.5. The smallest absolute Gasteiger partial charge is 0.258 e. The van der Waals surface area contributed by atoms with Gasteiger partial charge >= 0.3 is 0 Å². The SMILES string of the molecule is CN(C)C(=O)[C@@H]1[C@@H](CO)[C@@H]2Cn3c(ccc(C4=CCCCC4)c3=O)[C@@H]2N1CC1CC1. The van der Waals surface area contributed by atoms with Crippen molar-refractivity contribution in [3.63, 3.8) is 0 Å². The zero-order chi connectivity index (χ0) is 21.0. The lowest BCUT2D eigenvalue weighted by Crippen LogP contribution is -2.48. The number of fused-ring (bicyclic) bond motifs is 3. The summed E-state index contributed by atoms with van der Waals surface area (Å²) in [6.07, 6.45) is 9.03. The van der Waals surface area contributed by atoms with E-state index in [9.17, 15) is 14.7 Å². The highest BCUT2D eigenvalue weighted by atomic mass is 16.3. The van der Waals surface area contributed by atoms with Crippen molar-refractivity contribution in [2.45, 2.75) is 57.2 Å². The molecule has 2 fully saturated rings. The number of hydrogen-bond donors (Lipinski definition) is 1. The second kappa shape index (κ2) is 7.65. The molecule has 0 radical (unpaired) electrons. The number of carbonyl (C=O) groups excluding carboxylic acids is 1. The van der Waals surface area contributed by atoms with E-state index in [0.29, 0.717) is 12.5 Å². The van der Waals surface area contributed by atoms with Crippen LogP contribution in [0.4, 0.5) is 0 Å². The molecule has 2 aliphatic heterocycles. The molecule has 0 bridgehead atoms. The molecule has 0 aromatic carbocycles. The minimum absolute atomic E-state index is 0.0205. The number of likely N-dealkylation sites (tertiary alicyclic amines) is 1. The van der Waals surface area contributed by atoms with Crippen LogP contribution in [0.2, 0.25) is 0 Å². The number of aromatic nitrogens is 1. The van der Waals surface area contributed by atoms with Crippen molar-refractivity contribution in [1.82, 2.24) is 14.4 Å². The second-order valence-electron chi connectivity index (χ2n) is 9.84. The molecule has 1 aromatic heterocycles. The number of nitrogens with zero attached hydrogens (tertiary/aromatic N) is 3. The molecule has 162 valence electrons. The average Bonchev–Trinajstić information content (AvgIpc) is 3.41. The average molecular weight is 412 g/mol. The van der Waals surface area contributed by atoms with Crippen LogP contribution < -0.4 is 5.56 Å². The third-order valence-corrected chi connectivity index (χ3v) is 7.69. The zero-order valence-corrected chi connectivity index (χ0v) is 18.1. The van der Waals surface area contributed by atoms with E-state index >= 15 is 0 Å². The van der Waals surface area contributed by atoms with Gasteiger partial charge < -0.3 is 14.6 Å². The van der Waals surface area contributed by atoms with Gasteiger partial charge in [0.05, 0.1) is 12.1 Å². The summed E-state index contributed by atoms with van der Waals surface area (Å²) in [5, 5.41) is 10.3. The second-order valence-corrected chi connectivity index (χ2v) is 9.84. The van der Waals surface area contributed by atoms with E-state index in [1.807, 2.05) is 10.6 Å². The maximum atomic E-state index is 13.4. The molecule has 1 saturated carbocycles. The van der Waals surface area contributed by atoms with Gasteiger partial charge in [-0.05, 0) is 62.1 Å². The summed E-state index contributed by atoms with van der Waals surface area (Å²) in [6.45, 7) is 1.46. The Morgan fingerprint density at radius 3 is 2.67 bits per heavy atom. The standard InChI is InChI=1S/C24H33N3O3/c1-25(2)24(30)22-19(14-28)18-13-26-20(21(18)27(22)12-15-8-9-15)11-10-17(23(26)29)16-6-4-3-5-7-16/h6,10-11,15,18-19,21-22,28H,3-5,7-9,12-14H2,1-2H3/t18-,19-,21+,22-/m0/s1. The number of pyridine rings is 1. The summed E-state index contributed by atoms with van der Waals surface area (Å²) in [6, 6.07) is 3.87. The summed E-state index contributed by atoms with van der Waals surface area (Å²) in [5.74, 6) is 0.668. The fourth-order valence-corrected chi connectivity index (χ4v) is 5.99. The molecule has 30 heavy (non-hydrogen) atoms. The molecule has 4 atom stereocenters. The van der Waals surface area contributed by atoms with Crippen LogP contribution in [-0.4, -0.2) is 58.7 Å². The van der Waals surface area contributed by atoms with Gasteiger partial charge in [0.2, 0.25) is 5.91 Å². The Kier molecular flexibility index (Phi) is 5.10. The largest absolute Gasteiger partial charge is 0.396 e. The Labute approximate surface area is 178 Å². The topological polar surface area (TPSA) is 65.8 Å². The predicted octanol–water partition coefficient (Wildman–Crippen LogP) is 2.27. The Hall–Kier alpha value is -1.92. The zero-order valence-electron chi connectivity index (χ0n) is 18.1. The lowest BCUT2D eigenvalue weighted by Gasteiger charge is -2.32. The maximum absolute atomic E-state index is 13.4. The first-order valence-electron chi connectivity index (χ1n) is 11.5. The van der Waals surface area contributed by atoms with E-state index in [1.165, 1.54) is 24.8 Å². The fourth-order valence-electron chi connectivity index (χ4n) is 5.99. The van der Waals surface area contributed by atoms with Crippen LogP contribution in [0.1, 0.15) is 55.8 Å².